The summed E-state index contributed by atoms with van der Waals surface area (Å²) in [6.45, 7) is 12.5. The molecule has 3 nitrogen and oxygen atoms in total. The van der Waals surface area contributed by atoms with Gasteiger partial charge in [0.1, 0.15) is 0 Å². The van der Waals surface area contributed by atoms with E-state index >= 15 is 0 Å². The predicted octanol–water partition coefficient (Wildman–Crippen LogP) is 2.59. The van der Waals surface area contributed by atoms with Gasteiger partial charge in [0, 0.05) is 12.6 Å². The van der Waals surface area contributed by atoms with Crippen molar-refractivity contribution >= 4 is 0 Å². The zero-order valence-corrected chi connectivity index (χ0v) is 11.8. The summed E-state index contributed by atoms with van der Waals surface area (Å²) in [5.41, 5.74) is 0.216. The monoisotopic (exact) mass is 231 g/mol. The van der Waals surface area contributed by atoms with Crippen LogP contribution in [0.3, 0.4) is 0 Å². The fourth-order valence-corrected chi connectivity index (χ4v) is 1.59. The Labute approximate surface area is 101 Å². The highest BCUT2D eigenvalue weighted by Gasteiger charge is 2.10. The van der Waals surface area contributed by atoms with E-state index in [4.69, 9.17) is 9.47 Å². The number of hydrogen-bond acceptors (Lipinski definition) is 3. The number of rotatable bonds is 8. The molecule has 0 aliphatic carbocycles. The molecule has 3 heteroatoms. The summed E-state index contributed by atoms with van der Waals surface area (Å²) in [6, 6.07) is 0. The Morgan fingerprint density at radius 3 is 2.25 bits per heavy atom. The summed E-state index contributed by atoms with van der Waals surface area (Å²) in [6.07, 6.45) is 2.75. The summed E-state index contributed by atoms with van der Waals surface area (Å²) in [4.78, 5) is 0. The summed E-state index contributed by atoms with van der Waals surface area (Å²) in [5.74, 6) is 0. The molecule has 0 heterocycles. The van der Waals surface area contributed by atoms with E-state index in [-0.39, 0.29) is 11.6 Å². The molecular weight excluding hydrogens is 202 g/mol. The van der Waals surface area contributed by atoms with Gasteiger partial charge in [-0.1, -0.05) is 0 Å². The van der Waals surface area contributed by atoms with Gasteiger partial charge in [-0.15, -0.1) is 0 Å². The highest BCUT2D eigenvalue weighted by molar-refractivity contribution is 4.70. The first-order valence-corrected chi connectivity index (χ1v) is 6.24. The van der Waals surface area contributed by atoms with E-state index in [1.54, 1.807) is 7.11 Å². The highest BCUT2D eigenvalue weighted by Crippen LogP contribution is 2.06. The normalized spacial score (nSPS) is 16.1. The van der Waals surface area contributed by atoms with Crippen molar-refractivity contribution in [2.24, 2.45) is 0 Å². The van der Waals surface area contributed by atoms with Gasteiger partial charge < -0.3 is 14.8 Å². The molecule has 0 rings (SSSR count). The van der Waals surface area contributed by atoms with Crippen molar-refractivity contribution in [3.05, 3.63) is 0 Å². The van der Waals surface area contributed by atoms with Crippen LogP contribution in [0.1, 0.15) is 47.5 Å². The van der Waals surface area contributed by atoms with Gasteiger partial charge in [0.2, 0.25) is 0 Å². The van der Waals surface area contributed by atoms with Gasteiger partial charge in [-0.2, -0.15) is 0 Å². The maximum Gasteiger partial charge on any atom is 0.0783 e. The first-order valence-electron chi connectivity index (χ1n) is 6.24. The fourth-order valence-electron chi connectivity index (χ4n) is 1.59. The number of ether oxygens (including phenoxy) is 2. The van der Waals surface area contributed by atoms with E-state index in [0.717, 1.165) is 19.4 Å². The molecular formula is C13H29NO2. The van der Waals surface area contributed by atoms with Gasteiger partial charge in [-0.3, -0.25) is 0 Å². The standard InChI is InChI=1S/C13H29NO2/c1-11(16-12(2)10-15-6)8-7-9-14-13(3,4)5/h11-12,14H,7-10H2,1-6H3. The molecule has 0 aliphatic heterocycles. The smallest absolute Gasteiger partial charge is 0.0783 e. The third-order valence-corrected chi connectivity index (χ3v) is 2.31. The number of nitrogens with one attached hydrogen (secondary N) is 1. The van der Waals surface area contributed by atoms with E-state index in [9.17, 15) is 0 Å². The van der Waals surface area contributed by atoms with Gasteiger partial charge in [0.25, 0.3) is 0 Å². The molecule has 98 valence electrons. The second-order valence-corrected chi connectivity index (χ2v) is 5.53. The lowest BCUT2D eigenvalue weighted by Crippen LogP contribution is -2.36. The molecule has 16 heavy (non-hydrogen) atoms. The third kappa shape index (κ3) is 10.4. The molecule has 0 saturated carbocycles. The summed E-state index contributed by atoms with van der Waals surface area (Å²) in [5, 5.41) is 3.48. The van der Waals surface area contributed by atoms with Crippen molar-refractivity contribution in [3.8, 4) is 0 Å². The zero-order valence-electron chi connectivity index (χ0n) is 11.8. The predicted molar refractivity (Wildman–Crippen MR) is 68.9 cm³/mol. The number of hydrogen-bond donors (Lipinski definition) is 1. The molecule has 0 saturated heterocycles. The van der Waals surface area contributed by atoms with Crippen LogP contribution in [0.4, 0.5) is 0 Å². The van der Waals surface area contributed by atoms with Gasteiger partial charge in [-0.25, -0.2) is 0 Å². The second-order valence-electron chi connectivity index (χ2n) is 5.53. The van der Waals surface area contributed by atoms with Crippen molar-refractivity contribution in [3.63, 3.8) is 0 Å². The second kappa shape index (κ2) is 8.04. The van der Waals surface area contributed by atoms with Crippen molar-refractivity contribution in [1.82, 2.24) is 5.32 Å². The average Bonchev–Trinajstić information content (AvgIpc) is 2.11. The lowest BCUT2D eigenvalue weighted by atomic mass is 10.1. The first kappa shape index (κ1) is 15.9. The molecule has 0 amide bonds. The van der Waals surface area contributed by atoms with Crippen molar-refractivity contribution in [1.29, 1.82) is 0 Å². The fraction of sp³-hybridized carbons (Fsp3) is 1.00. The SMILES string of the molecule is COCC(C)OC(C)CCCNC(C)(C)C. The Hall–Kier alpha value is -0.120. The van der Waals surface area contributed by atoms with Crippen LogP contribution in [0.15, 0.2) is 0 Å². The summed E-state index contributed by atoms with van der Waals surface area (Å²) < 4.78 is 10.8. The molecule has 2 unspecified atom stereocenters. The van der Waals surface area contributed by atoms with E-state index in [2.05, 4.69) is 33.0 Å². The minimum absolute atomic E-state index is 0.190. The van der Waals surface area contributed by atoms with E-state index in [1.165, 1.54) is 0 Å². The first-order chi connectivity index (χ1) is 7.35. The molecule has 0 aromatic carbocycles. The Morgan fingerprint density at radius 1 is 1.12 bits per heavy atom. The van der Waals surface area contributed by atoms with Crippen LogP contribution in [-0.4, -0.2) is 38.0 Å². The molecule has 0 aliphatic rings. The quantitative estimate of drug-likeness (QED) is 0.651. The highest BCUT2D eigenvalue weighted by atomic mass is 16.5. The van der Waals surface area contributed by atoms with Crippen molar-refractivity contribution in [2.75, 3.05) is 20.3 Å². The summed E-state index contributed by atoms with van der Waals surface area (Å²) in [7, 11) is 1.71. The van der Waals surface area contributed by atoms with E-state index in [0.29, 0.717) is 12.7 Å². The molecule has 0 radical (unpaired) electrons. The van der Waals surface area contributed by atoms with E-state index < -0.39 is 0 Å². The molecule has 0 bridgehead atoms. The molecule has 0 fully saturated rings. The topological polar surface area (TPSA) is 30.5 Å². The van der Waals surface area contributed by atoms with Crippen LogP contribution in [-0.2, 0) is 9.47 Å². The van der Waals surface area contributed by atoms with Crippen molar-refractivity contribution < 1.29 is 9.47 Å². The number of methoxy groups -OCH3 is 1. The van der Waals surface area contributed by atoms with E-state index in [1.807, 2.05) is 6.92 Å². The van der Waals surface area contributed by atoms with Gasteiger partial charge in [0.15, 0.2) is 0 Å². The summed E-state index contributed by atoms with van der Waals surface area (Å²) >= 11 is 0. The Bertz CT molecular complexity index is 166. The minimum Gasteiger partial charge on any atom is -0.382 e. The largest absolute Gasteiger partial charge is 0.382 e. The lowest BCUT2D eigenvalue weighted by molar-refractivity contribution is -0.0344. The Balaban J connectivity index is 3.47. The lowest BCUT2D eigenvalue weighted by Gasteiger charge is -2.22. The van der Waals surface area contributed by atoms with Gasteiger partial charge in [-0.05, 0) is 54.0 Å². The zero-order chi connectivity index (χ0) is 12.6. The average molecular weight is 231 g/mol. The maximum absolute atomic E-state index is 5.77. The molecule has 0 aromatic heterocycles. The molecule has 0 spiro atoms. The van der Waals surface area contributed by atoms with Crippen LogP contribution < -0.4 is 5.32 Å². The van der Waals surface area contributed by atoms with Crippen LogP contribution in [0.25, 0.3) is 0 Å². The maximum atomic E-state index is 5.77. The van der Waals surface area contributed by atoms with Gasteiger partial charge >= 0.3 is 0 Å². The van der Waals surface area contributed by atoms with Crippen LogP contribution >= 0.6 is 0 Å². The Morgan fingerprint density at radius 2 is 1.75 bits per heavy atom. The van der Waals surface area contributed by atoms with Crippen LogP contribution in [0, 0.1) is 0 Å². The molecule has 1 N–H and O–H groups in total. The molecule has 0 aromatic rings. The van der Waals surface area contributed by atoms with Crippen molar-refractivity contribution in [2.45, 2.75) is 65.2 Å². The van der Waals surface area contributed by atoms with Crippen LogP contribution in [0.2, 0.25) is 0 Å². The third-order valence-electron chi connectivity index (χ3n) is 2.31. The van der Waals surface area contributed by atoms with Gasteiger partial charge in [0.05, 0.1) is 18.8 Å². The van der Waals surface area contributed by atoms with Crippen LogP contribution in [0.5, 0.6) is 0 Å². The minimum atomic E-state index is 0.190. The Kier molecular flexibility index (Phi) is 7.98. The molecule has 2 atom stereocenters.